The quantitative estimate of drug-likeness (QED) is 0.181. The molecule has 1 heterocycles. The first kappa shape index (κ1) is 28.6. The lowest BCUT2D eigenvalue weighted by molar-refractivity contribution is 0.794. The predicted molar refractivity (Wildman–Crippen MR) is 216 cm³/mol. The molecule has 238 valence electrons. The summed E-state index contributed by atoms with van der Waals surface area (Å²) in [5.41, 5.74) is 16.3. The molecule has 9 aromatic rings. The Morgan fingerprint density at radius 3 is 1.49 bits per heavy atom. The summed E-state index contributed by atoms with van der Waals surface area (Å²) in [4.78, 5) is 2.42. The predicted octanol–water partition coefficient (Wildman–Crippen LogP) is 13.5. The number of hydrogen-bond donors (Lipinski definition) is 0. The SMILES string of the molecule is c1ccc(-c2ccc3c(c2)sc2cc(N(c4ccccc4)c4ccc5c(c4)-c4ccccc4C54c5ccccc5-c5ccccc54)ccc23)cc1. The smallest absolute Gasteiger partial charge is 0.0725 e. The van der Waals surface area contributed by atoms with Crippen molar-refractivity contribution in [1.29, 1.82) is 0 Å². The Balaban J connectivity index is 1.10. The molecule has 0 radical (unpaired) electrons. The number of benzene rings is 8. The van der Waals surface area contributed by atoms with Gasteiger partial charge in [0.2, 0.25) is 0 Å². The van der Waals surface area contributed by atoms with Crippen molar-refractivity contribution in [3.05, 3.63) is 210 Å². The number of fused-ring (bicyclic) bond motifs is 13. The molecule has 0 saturated carbocycles. The first-order valence-corrected chi connectivity index (χ1v) is 18.4. The van der Waals surface area contributed by atoms with E-state index in [1.165, 1.54) is 75.8 Å². The summed E-state index contributed by atoms with van der Waals surface area (Å²) in [6.07, 6.45) is 0. The second-order valence-corrected chi connectivity index (χ2v) is 14.7. The molecule has 2 aliphatic rings. The van der Waals surface area contributed by atoms with Gasteiger partial charge in [0.05, 0.1) is 5.41 Å². The third kappa shape index (κ3) is 4.03. The lowest BCUT2D eigenvalue weighted by Gasteiger charge is -2.31. The van der Waals surface area contributed by atoms with Gasteiger partial charge in [-0.1, -0.05) is 146 Å². The standard InChI is InChI=1S/C49H31NS/c1-3-13-32(14-4-1)33-23-26-40-41-27-24-36(31-48(41)51-47(40)29-33)50(34-15-5-2-6-16-34)35-25-28-46-42(30-35)39-19-9-12-22-45(39)49(46)43-20-10-7-17-37(43)38-18-8-11-21-44(38)49/h1-31H. The van der Waals surface area contributed by atoms with Crippen LogP contribution in [0.15, 0.2) is 188 Å². The molecule has 2 aliphatic carbocycles. The molecule has 2 heteroatoms. The fourth-order valence-corrected chi connectivity index (χ4v) is 10.1. The molecule has 0 aliphatic heterocycles. The molecule has 1 spiro atoms. The van der Waals surface area contributed by atoms with Gasteiger partial charge in [-0.25, -0.2) is 0 Å². The Hall–Kier alpha value is -6.22. The molecule has 0 amide bonds. The van der Waals surface area contributed by atoms with Crippen LogP contribution in [-0.2, 0) is 5.41 Å². The first-order valence-electron chi connectivity index (χ1n) is 17.6. The van der Waals surface area contributed by atoms with E-state index in [2.05, 4.69) is 193 Å². The van der Waals surface area contributed by atoms with Gasteiger partial charge in [0.15, 0.2) is 0 Å². The van der Waals surface area contributed by atoms with E-state index in [0.29, 0.717) is 0 Å². The van der Waals surface area contributed by atoms with Crippen molar-refractivity contribution in [2.45, 2.75) is 5.41 Å². The molecule has 0 N–H and O–H groups in total. The summed E-state index contributed by atoms with van der Waals surface area (Å²) >= 11 is 1.88. The molecule has 1 nitrogen and oxygen atoms in total. The average Bonchev–Trinajstić information content (AvgIpc) is 3.82. The fraction of sp³-hybridized carbons (Fsp3) is 0.0204. The van der Waals surface area contributed by atoms with E-state index < -0.39 is 0 Å². The van der Waals surface area contributed by atoms with Gasteiger partial charge in [0, 0.05) is 37.2 Å². The van der Waals surface area contributed by atoms with E-state index in [-0.39, 0.29) is 5.41 Å². The summed E-state index contributed by atoms with van der Waals surface area (Å²) in [6, 6.07) is 69.6. The Kier molecular flexibility index (Phi) is 6.11. The van der Waals surface area contributed by atoms with Crippen molar-refractivity contribution < 1.29 is 0 Å². The Morgan fingerprint density at radius 2 is 0.824 bits per heavy atom. The highest BCUT2D eigenvalue weighted by Gasteiger charge is 2.51. The van der Waals surface area contributed by atoms with Crippen LogP contribution >= 0.6 is 11.3 Å². The van der Waals surface area contributed by atoms with Gasteiger partial charge in [0.25, 0.3) is 0 Å². The highest BCUT2D eigenvalue weighted by Crippen LogP contribution is 2.63. The third-order valence-electron chi connectivity index (χ3n) is 11.1. The molecule has 51 heavy (non-hydrogen) atoms. The van der Waals surface area contributed by atoms with Crippen LogP contribution < -0.4 is 4.90 Å². The molecule has 0 atom stereocenters. The molecular formula is C49H31NS. The van der Waals surface area contributed by atoms with Crippen LogP contribution in [0.3, 0.4) is 0 Å². The van der Waals surface area contributed by atoms with Gasteiger partial charge in [-0.15, -0.1) is 11.3 Å². The van der Waals surface area contributed by atoms with Crippen molar-refractivity contribution in [3.63, 3.8) is 0 Å². The summed E-state index contributed by atoms with van der Waals surface area (Å²) < 4.78 is 2.60. The molecule has 0 bridgehead atoms. The fourth-order valence-electron chi connectivity index (χ4n) is 8.97. The average molecular weight is 666 g/mol. The molecule has 0 saturated heterocycles. The minimum atomic E-state index is -0.343. The minimum absolute atomic E-state index is 0.343. The first-order chi connectivity index (χ1) is 25.3. The topological polar surface area (TPSA) is 3.24 Å². The number of thiophene rings is 1. The second-order valence-electron chi connectivity index (χ2n) is 13.6. The highest BCUT2D eigenvalue weighted by molar-refractivity contribution is 7.25. The van der Waals surface area contributed by atoms with Crippen molar-refractivity contribution in [1.82, 2.24) is 0 Å². The minimum Gasteiger partial charge on any atom is -0.310 e. The Bertz CT molecular complexity index is 2770. The number of para-hydroxylation sites is 1. The monoisotopic (exact) mass is 665 g/mol. The van der Waals surface area contributed by atoms with Crippen LogP contribution in [0.25, 0.3) is 53.6 Å². The normalized spacial score (nSPS) is 13.3. The maximum Gasteiger partial charge on any atom is 0.0725 e. The maximum absolute atomic E-state index is 2.43. The summed E-state index contributed by atoms with van der Waals surface area (Å²) in [6.45, 7) is 0. The van der Waals surface area contributed by atoms with Gasteiger partial charge in [-0.3, -0.25) is 0 Å². The van der Waals surface area contributed by atoms with Crippen LogP contribution in [-0.4, -0.2) is 0 Å². The Morgan fingerprint density at radius 1 is 0.333 bits per heavy atom. The van der Waals surface area contributed by atoms with Crippen molar-refractivity contribution >= 4 is 48.6 Å². The van der Waals surface area contributed by atoms with E-state index in [0.717, 1.165) is 17.1 Å². The van der Waals surface area contributed by atoms with Crippen molar-refractivity contribution in [3.8, 4) is 33.4 Å². The summed E-state index contributed by atoms with van der Waals surface area (Å²) in [7, 11) is 0. The molecule has 0 unspecified atom stereocenters. The van der Waals surface area contributed by atoms with Gasteiger partial charge in [0.1, 0.15) is 0 Å². The molecule has 1 aromatic heterocycles. The van der Waals surface area contributed by atoms with E-state index in [1.54, 1.807) is 0 Å². The van der Waals surface area contributed by atoms with Gasteiger partial charge >= 0.3 is 0 Å². The molecular weight excluding hydrogens is 635 g/mol. The number of hydrogen-bond acceptors (Lipinski definition) is 2. The maximum atomic E-state index is 2.43. The highest BCUT2D eigenvalue weighted by atomic mass is 32.1. The van der Waals surface area contributed by atoms with E-state index in [9.17, 15) is 0 Å². The van der Waals surface area contributed by atoms with Gasteiger partial charge in [-0.05, 0) is 98.1 Å². The lowest BCUT2D eigenvalue weighted by atomic mass is 9.70. The number of anilines is 3. The van der Waals surface area contributed by atoms with E-state index in [1.807, 2.05) is 11.3 Å². The van der Waals surface area contributed by atoms with Crippen LogP contribution in [0.4, 0.5) is 17.1 Å². The second kappa shape index (κ2) is 10.9. The van der Waals surface area contributed by atoms with E-state index >= 15 is 0 Å². The molecule has 8 aromatic carbocycles. The van der Waals surface area contributed by atoms with Crippen molar-refractivity contribution in [2.24, 2.45) is 0 Å². The lowest BCUT2D eigenvalue weighted by Crippen LogP contribution is -2.25. The third-order valence-corrected chi connectivity index (χ3v) is 12.2. The van der Waals surface area contributed by atoms with Crippen LogP contribution in [0, 0.1) is 0 Å². The zero-order valence-electron chi connectivity index (χ0n) is 27.8. The number of rotatable bonds is 4. The zero-order valence-corrected chi connectivity index (χ0v) is 28.6. The van der Waals surface area contributed by atoms with Gasteiger partial charge < -0.3 is 4.90 Å². The van der Waals surface area contributed by atoms with Crippen LogP contribution in [0.2, 0.25) is 0 Å². The number of nitrogens with zero attached hydrogens (tertiary/aromatic N) is 1. The van der Waals surface area contributed by atoms with E-state index in [4.69, 9.17) is 0 Å². The summed E-state index contributed by atoms with van der Waals surface area (Å²) in [5, 5.41) is 2.61. The van der Waals surface area contributed by atoms with Crippen LogP contribution in [0.1, 0.15) is 22.3 Å². The van der Waals surface area contributed by atoms with Gasteiger partial charge in [-0.2, -0.15) is 0 Å². The van der Waals surface area contributed by atoms with Crippen LogP contribution in [0.5, 0.6) is 0 Å². The molecule has 0 fully saturated rings. The zero-order chi connectivity index (χ0) is 33.5. The molecule has 11 rings (SSSR count). The van der Waals surface area contributed by atoms with Crippen molar-refractivity contribution in [2.75, 3.05) is 4.90 Å². The largest absolute Gasteiger partial charge is 0.310 e. The Labute approximate surface area is 301 Å². The summed E-state index contributed by atoms with van der Waals surface area (Å²) in [5.74, 6) is 0.